The molecule has 114 valence electrons. The van der Waals surface area contributed by atoms with Crippen molar-refractivity contribution in [3.05, 3.63) is 28.2 Å². The fourth-order valence-corrected chi connectivity index (χ4v) is 2.75. The number of primary sulfonamides is 1. The first-order chi connectivity index (χ1) is 9.51. The molecule has 2 aromatic heterocycles. The monoisotopic (exact) mass is 311 g/mol. The van der Waals surface area contributed by atoms with Gasteiger partial charge in [-0.15, -0.1) is 10.2 Å². The molecule has 21 heavy (non-hydrogen) atoms. The van der Waals surface area contributed by atoms with Crippen LogP contribution in [-0.4, -0.2) is 28.2 Å². The van der Waals surface area contributed by atoms with Crippen molar-refractivity contribution in [2.45, 2.75) is 38.4 Å². The van der Waals surface area contributed by atoms with Crippen molar-refractivity contribution in [3.8, 4) is 11.4 Å². The zero-order chi connectivity index (χ0) is 16.0. The Kier molecular flexibility index (Phi) is 3.50. The van der Waals surface area contributed by atoms with Crippen molar-refractivity contribution in [3.63, 3.8) is 0 Å². The van der Waals surface area contributed by atoms with Crippen molar-refractivity contribution in [2.24, 2.45) is 5.14 Å². The summed E-state index contributed by atoms with van der Waals surface area (Å²) in [6.07, 6.45) is 1.48. The minimum Gasteiger partial charge on any atom is -0.364 e. The smallest absolute Gasteiger partial charge is 0.273 e. The number of aryl methyl sites for hydroxylation is 1. The van der Waals surface area contributed by atoms with E-state index in [9.17, 15) is 13.2 Å². The average molecular weight is 311 g/mol. The summed E-state index contributed by atoms with van der Waals surface area (Å²) >= 11 is 0. The van der Waals surface area contributed by atoms with E-state index in [1.54, 1.807) is 27.7 Å². The van der Waals surface area contributed by atoms with Gasteiger partial charge in [0, 0.05) is 23.5 Å². The van der Waals surface area contributed by atoms with Crippen LogP contribution in [0, 0.1) is 6.92 Å². The van der Waals surface area contributed by atoms with E-state index in [4.69, 9.17) is 5.14 Å². The predicted molar refractivity (Wildman–Crippen MR) is 77.2 cm³/mol. The first-order valence-electron chi connectivity index (χ1n) is 6.20. The number of nitrogens with zero attached hydrogens (tertiary/aromatic N) is 3. The van der Waals surface area contributed by atoms with Crippen molar-refractivity contribution in [2.75, 3.05) is 0 Å². The lowest BCUT2D eigenvalue weighted by molar-refractivity contribution is 0.366. The number of nitrogens with one attached hydrogen (secondary N) is 1. The normalized spacial score (nSPS) is 12.6. The van der Waals surface area contributed by atoms with Crippen molar-refractivity contribution in [1.29, 1.82) is 0 Å². The fraction of sp³-hybridized carbons (Fsp3) is 0.417. The number of rotatable bonds is 2. The van der Waals surface area contributed by atoms with Gasteiger partial charge in [-0.3, -0.25) is 9.36 Å². The molecular formula is C12H17N5O3S. The molecule has 3 N–H and O–H groups in total. The van der Waals surface area contributed by atoms with Gasteiger partial charge in [0.15, 0.2) is 11.3 Å². The van der Waals surface area contributed by atoms with Crippen molar-refractivity contribution < 1.29 is 8.42 Å². The van der Waals surface area contributed by atoms with Gasteiger partial charge in [0.05, 0.1) is 5.56 Å². The molecule has 0 unspecified atom stereocenters. The maximum Gasteiger partial charge on any atom is 0.273 e. The SMILES string of the molecule is Cc1cc(=O)c(-c2nnc(S(N)(=O)=O)n2C(C)(C)C)c[nH]1. The van der Waals surface area contributed by atoms with E-state index in [0.717, 1.165) is 0 Å². The Labute approximate surface area is 122 Å². The zero-order valence-corrected chi connectivity index (χ0v) is 13.0. The first-order valence-corrected chi connectivity index (χ1v) is 7.75. The third-order valence-electron chi connectivity index (χ3n) is 2.86. The third-order valence-corrected chi connectivity index (χ3v) is 3.63. The van der Waals surface area contributed by atoms with Gasteiger partial charge in [-0.05, 0) is 27.7 Å². The van der Waals surface area contributed by atoms with Crippen LogP contribution in [0.1, 0.15) is 26.5 Å². The van der Waals surface area contributed by atoms with Gasteiger partial charge in [0.1, 0.15) is 0 Å². The molecule has 2 heterocycles. The highest BCUT2D eigenvalue weighted by molar-refractivity contribution is 7.89. The van der Waals surface area contributed by atoms with Gasteiger partial charge >= 0.3 is 0 Å². The van der Waals surface area contributed by atoms with Crippen LogP contribution in [0.4, 0.5) is 0 Å². The van der Waals surface area contributed by atoms with Crippen LogP contribution in [0.15, 0.2) is 22.2 Å². The van der Waals surface area contributed by atoms with E-state index in [-0.39, 0.29) is 22.0 Å². The van der Waals surface area contributed by atoms with Gasteiger partial charge in [-0.1, -0.05) is 0 Å². The summed E-state index contributed by atoms with van der Waals surface area (Å²) < 4.78 is 24.7. The summed E-state index contributed by atoms with van der Waals surface area (Å²) in [5.41, 5.74) is -0.0157. The molecule has 0 amide bonds. The van der Waals surface area contributed by atoms with Crippen molar-refractivity contribution in [1.82, 2.24) is 19.7 Å². The van der Waals surface area contributed by atoms with Crippen LogP contribution in [0.5, 0.6) is 0 Å². The Morgan fingerprint density at radius 1 is 1.29 bits per heavy atom. The molecule has 0 spiro atoms. The van der Waals surface area contributed by atoms with E-state index < -0.39 is 15.6 Å². The van der Waals surface area contributed by atoms with Crippen molar-refractivity contribution >= 4 is 10.0 Å². The molecule has 0 fully saturated rings. The minimum atomic E-state index is -4.05. The topological polar surface area (TPSA) is 124 Å². The number of hydrogen-bond donors (Lipinski definition) is 2. The molecule has 0 aliphatic carbocycles. The fourth-order valence-electron chi connectivity index (χ4n) is 1.98. The van der Waals surface area contributed by atoms with Crippen LogP contribution in [-0.2, 0) is 15.6 Å². The van der Waals surface area contributed by atoms with E-state index in [1.165, 1.54) is 16.8 Å². The van der Waals surface area contributed by atoms with E-state index in [2.05, 4.69) is 15.2 Å². The summed E-state index contributed by atoms with van der Waals surface area (Å²) in [7, 11) is -4.05. The van der Waals surface area contributed by atoms with E-state index >= 15 is 0 Å². The van der Waals surface area contributed by atoms with Gasteiger partial charge in [-0.2, -0.15) is 0 Å². The number of aromatic amines is 1. The van der Waals surface area contributed by atoms with Crippen LogP contribution in [0.3, 0.4) is 0 Å². The summed E-state index contributed by atoms with van der Waals surface area (Å²) in [5.74, 6) is 0.160. The van der Waals surface area contributed by atoms with Gasteiger partial charge in [-0.25, -0.2) is 13.6 Å². The maximum absolute atomic E-state index is 12.1. The number of aromatic nitrogens is 4. The molecule has 8 nitrogen and oxygen atoms in total. The summed E-state index contributed by atoms with van der Waals surface area (Å²) in [6, 6.07) is 1.41. The largest absolute Gasteiger partial charge is 0.364 e. The number of nitrogens with two attached hydrogens (primary N) is 1. The zero-order valence-electron chi connectivity index (χ0n) is 12.2. The highest BCUT2D eigenvalue weighted by Crippen LogP contribution is 2.25. The molecule has 9 heteroatoms. The Morgan fingerprint density at radius 2 is 1.90 bits per heavy atom. The van der Waals surface area contributed by atoms with Crippen LogP contribution < -0.4 is 10.6 Å². The Bertz CT molecular complexity index is 843. The molecule has 0 aliphatic heterocycles. The Balaban J connectivity index is 2.83. The molecule has 0 radical (unpaired) electrons. The standard InChI is InChI=1S/C12H17N5O3S/c1-7-5-9(18)8(6-14-7)10-15-16-11(21(13,19)20)17(10)12(2,3)4/h5-6H,1-4H3,(H,14,18)(H2,13,19,20). The highest BCUT2D eigenvalue weighted by Gasteiger charge is 2.30. The second-order valence-corrected chi connectivity index (χ2v) is 7.21. The molecule has 0 bridgehead atoms. The summed E-state index contributed by atoms with van der Waals surface area (Å²) in [5, 5.41) is 12.3. The molecule has 2 rings (SSSR count). The average Bonchev–Trinajstić information content (AvgIpc) is 2.72. The highest BCUT2D eigenvalue weighted by atomic mass is 32.2. The minimum absolute atomic E-state index is 0.160. The van der Waals surface area contributed by atoms with Gasteiger partial charge < -0.3 is 4.98 Å². The number of sulfonamides is 1. The van der Waals surface area contributed by atoms with E-state index in [0.29, 0.717) is 5.69 Å². The summed E-state index contributed by atoms with van der Waals surface area (Å²) in [4.78, 5) is 15.0. The molecule has 0 aromatic carbocycles. The lowest BCUT2D eigenvalue weighted by Gasteiger charge is -2.24. The third kappa shape index (κ3) is 2.88. The van der Waals surface area contributed by atoms with Crippen LogP contribution in [0.2, 0.25) is 0 Å². The van der Waals surface area contributed by atoms with Gasteiger partial charge in [0.25, 0.3) is 15.2 Å². The first kappa shape index (κ1) is 15.4. The predicted octanol–water partition coefficient (Wildman–Crippen LogP) is 0.344. The molecule has 0 aliphatic rings. The Morgan fingerprint density at radius 3 is 2.38 bits per heavy atom. The second-order valence-electron chi connectivity index (χ2n) is 5.75. The van der Waals surface area contributed by atoms with Gasteiger partial charge in [0.2, 0.25) is 0 Å². The lowest BCUT2D eigenvalue weighted by atomic mass is 10.1. The molecule has 0 atom stereocenters. The number of pyridine rings is 1. The van der Waals surface area contributed by atoms with E-state index in [1.807, 2.05) is 0 Å². The molecular weight excluding hydrogens is 294 g/mol. The molecule has 2 aromatic rings. The number of hydrogen-bond acceptors (Lipinski definition) is 5. The quantitative estimate of drug-likeness (QED) is 0.828. The second kappa shape index (κ2) is 4.78. The molecule has 0 saturated heterocycles. The number of H-pyrrole nitrogens is 1. The maximum atomic E-state index is 12.1. The molecule has 0 saturated carbocycles. The summed E-state index contributed by atoms with van der Waals surface area (Å²) in [6.45, 7) is 7.07. The van der Waals surface area contributed by atoms with Crippen LogP contribution in [0.25, 0.3) is 11.4 Å². The lowest BCUT2D eigenvalue weighted by Crippen LogP contribution is -2.30. The Hall–Kier alpha value is -2.00. The van der Waals surface area contributed by atoms with Crippen LogP contribution >= 0.6 is 0 Å².